The Morgan fingerprint density at radius 1 is 1.10 bits per heavy atom. The maximum Gasteiger partial charge on any atom is 0.131 e. The summed E-state index contributed by atoms with van der Waals surface area (Å²) < 4.78 is 25.3. The van der Waals surface area contributed by atoms with Gasteiger partial charge in [-0.05, 0) is 25.5 Å². The molecule has 0 spiro atoms. The molecule has 2 aromatic carbocycles. The first kappa shape index (κ1) is 21.6. The highest BCUT2D eigenvalue weighted by Crippen LogP contribution is 2.24. The lowest BCUT2D eigenvalue weighted by molar-refractivity contribution is 0.0488. The van der Waals surface area contributed by atoms with E-state index in [0.29, 0.717) is 30.9 Å². The van der Waals surface area contributed by atoms with Crippen molar-refractivity contribution < 1.29 is 19.0 Å². The highest BCUT2D eigenvalue weighted by Gasteiger charge is 2.27. The van der Waals surface area contributed by atoms with Crippen molar-refractivity contribution in [3.63, 3.8) is 0 Å². The minimum Gasteiger partial charge on any atom is -0.497 e. The molecule has 6 heteroatoms. The summed E-state index contributed by atoms with van der Waals surface area (Å²) in [5, 5.41) is 9.56. The van der Waals surface area contributed by atoms with Crippen LogP contribution in [0.1, 0.15) is 24.5 Å². The molecular formula is C23H31FN2O3. The number of piperazine rings is 1. The van der Waals surface area contributed by atoms with Crippen LogP contribution >= 0.6 is 0 Å². The summed E-state index contributed by atoms with van der Waals surface area (Å²) in [4.78, 5) is 4.66. The van der Waals surface area contributed by atoms with Gasteiger partial charge in [0.25, 0.3) is 0 Å². The number of benzene rings is 2. The zero-order chi connectivity index (χ0) is 20.6. The molecule has 1 fully saturated rings. The van der Waals surface area contributed by atoms with E-state index >= 15 is 0 Å². The fraction of sp³-hybridized carbons (Fsp3) is 0.478. The van der Waals surface area contributed by atoms with Crippen LogP contribution < -0.4 is 9.47 Å². The predicted octanol–water partition coefficient (Wildman–Crippen LogP) is 3.30. The summed E-state index contributed by atoms with van der Waals surface area (Å²) in [6, 6.07) is 13.3. The zero-order valence-electron chi connectivity index (χ0n) is 17.3. The van der Waals surface area contributed by atoms with Gasteiger partial charge in [-0.1, -0.05) is 24.3 Å². The van der Waals surface area contributed by atoms with Crippen molar-refractivity contribution >= 4 is 0 Å². The Morgan fingerprint density at radius 3 is 2.66 bits per heavy atom. The first-order valence-electron chi connectivity index (χ1n) is 10.2. The van der Waals surface area contributed by atoms with Crippen molar-refractivity contribution in [3.05, 3.63) is 59.4 Å². The largest absolute Gasteiger partial charge is 0.497 e. The average molecular weight is 403 g/mol. The molecule has 29 heavy (non-hydrogen) atoms. The van der Waals surface area contributed by atoms with Gasteiger partial charge < -0.3 is 14.6 Å². The Hall–Kier alpha value is -2.15. The molecule has 1 saturated heterocycles. The number of ether oxygens (including phenoxy) is 2. The number of halogens is 1. The standard InChI is InChI=1S/C23H31FN2O3/c1-3-29-23-7-5-4-6-19(23)15-25-11-12-26(20(17-25)10-13-27)16-18-8-9-21(28-2)14-22(18)24/h4-9,14,20,27H,3,10-13,15-17H2,1-2H3. The van der Waals surface area contributed by atoms with Crippen LogP contribution in [0.4, 0.5) is 4.39 Å². The number of rotatable bonds is 9. The van der Waals surface area contributed by atoms with Gasteiger partial charge in [0.15, 0.2) is 0 Å². The van der Waals surface area contributed by atoms with Gasteiger partial charge in [-0.3, -0.25) is 9.80 Å². The molecule has 0 aliphatic carbocycles. The van der Waals surface area contributed by atoms with Crippen molar-refractivity contribution in [1.82, 2.24) is 9.80 Å². The fourth-order valence-corrected chi connectivity index (χ4v) is 3.91. The van der Waals surface area contributed by atoms with Gasteiger partial charge in [0.2, 0.25) is 0 Å². The van der Waals surface area contributed by atoms with Crippen LogP contribution in [0.3, 0.4) is 0 Å². The molecule has 1 heterocycles. The van der Waals surface area contributed by atoms with Gasteiger partial charge in [0.05, 0.1) is 13.7 Å². The van der Waals surface area contributed by atoms with E-state index in [1.807, 2.05) is 25.1 Å². The summed E-state index contributed by atoms with van der Waals surface area (Å²) >= 11 is 0. The molecule has 1 unspecified atom stereocenters. The molecule has 3 rings (SSSR count). The van der Waals surface area contributed by atoms with E-state index in [9.17, 15) is 9.50 Å². The normalized spacial score (nSPS) is 18.0. The number of methoxy groups -OCH3 is 1. The van der Waals surface area contributed by atoms with Crippen molar-refractivity contribution in [2.45, 2.75) is 32.5 Å². The van der Waals surface area contributed by atoms with Gasteiger partial charge in [0.1, 0.15) is 17.3 Å². The molecule has 1 aliphatic rings. The predicted molar refractivity (Wildman–Crippen MR) is 112 cm³/mol. The summed E-state index contributed by atoms with van der Waals surface area (Å²) in [7, 11) is 1.54. The Bertz CT molecular complexity index is 786. The third-order valence-corrected chi connectivity index (χ3v) is 5.45. The molecule has 0 saturated carbocycles. The van der Waals surface area contributed by atoms with Crippen molar-refractivity contribution in [1.29, 1.82) is 0 Å². The van der Waals surface area contributed by atoms with Crippen LogP contribution in [0, 0.1) is 5.82 Å². The highest BCUT2D eigenvalue weighted by molar-refractivity contribution is 5.33. The van der Waals surface area contributed by atoms with Gasteiger partial charge in [0, 0.05) is 62.6 Å². The number of para-hydroxylation sites is 1. The smallest absolute Gasteiger partial charge is 0.131 e. The molecule has 1 N–H and O–H groups in total. The van der Waals surface area contributed by atoms with Gasteiger partial charge in [-0.2, -0.15) is 0 Å². The van der Waals surface area contributed by atoms with Gasteiger partial charge in [-0.25, -0.2) is 4.39 Å². The van der Waals surface area contributed by atoms with Crippen LogP contribution in [0.25, 0.3) is 0 Å². The van der Waals surface area contributed by atoms with Crippen LogP contribution in [0.5, 0.6) is 11.5 Å². The summed E-state index contributed by atoms with van der Waals surface area (Å²) in [6.45, 7) is 6.64. The van der Waals surface area contributed by atoms with E-state index in [0.717, 1.165) is 31.9 Å². The maximum absolute atomic E-state index is 14.4. The van der Waals surface area contributed by atoms with Crippen molar-refractivity contribution in [2.24, 2.45) is 0 Å². The fourth-order valence-electron chi connectivity index (χ4n) is 3.91. The third kappa shape index (κ3) is 5.69. The minimum absolute atomic E-state index is 0.121. The zero-order valence-corrected chi connectivity index (χ0v) is 17.3. The molecule has 1 aliphatic heterocycles. The maximum atomic E-state index is 14.4. The molecule has 0 amide bonds. The van der Waals surface area contributed by atoms with Gasteiger partial charge >= 0.3 is 0 Å². The quantitative estimate of drug-likeness (QED) is 0.697. The molecular weight excluding hydrogens is 371 g/mol. The van der Waals surface area contributed by atoms with Crippen LogP contribution in [-0.4, -0.2) is 60.9 Å². The topological polar surface area (TPSA) is 45.2 Å². The van der Waals surface area contributed by atoms with E-state index < -0.39 is 0 Å². The van der Waals surface area contributed by atoms with E-state index in [1.165, 1.54) is 18.7 Å². The monoisotopic (exact) mass is 402 g/mol. The molecule has 5 nitrogen and oxygen atoms in total. The first-order valence-corrected chi connectivity index (χ1v) is 10.2. The Kier molecular flexibility index (Phi) is 7.86. The van der Waals surface area contributed by atoms with Crippen molar-refractivity contribution in [2.75, 3.05) is 40.0 Å². The molecule has 2 aromatic rings. The molecule has 158 valence electrons. The van der Waals surface area contributed by atoms with Crippen LogP contribution in [0.2, 0.25) is 0 Å². The van der Waals surface area contributed by atoms with Gasteiger partial charge in [-0.15, -0.1) is 0 Å². The Labute approximate surface area is 172 Å². The highest BCUT2D eigenvalue weighted by atomic mass is 19.1. The summed E-state index contributed by atoms with van der Waals surface area (Å²) in [6.07, 6.45) is 0.668. The SMILES string of the molecule is CCOc1ccccc1CN1CCN(Cc2ccc(OC)cc2F)C(CCO)C1. The molecule has 0 aromatic heterocycles. The van der Waals surface area contributed by atoms with E-state index in [-0.39, 0.29) is 18.5 Å². The second-order valence-electron chi connectivity index (χ2n) is 7.37. The van der Waals surface area contributed by atoms with Crippen molar-refractivity contribution in [3.8, 4) is 11.5 Å². The number of hydrogen-bond acceptors (Lipinski definition) is 5. The minimum atomic E-state index is -0.250. The second kappa shape index (κ2) is 10.6. The van der Waals surface area contributed by atoms with E-state index in [1.54, 1.807) is 12.1 Å². The van der Waals surface area contributed by atoms with E-state index in [2.05, 4.69) is 15.9 Å². The number of nitrogens with zero attached hydrogens (tertiary/aromatic N) is 2. The summed E-state index contributed by atoms with van der Waals surface area (Å²) in [5.74, 6) is 1.20. The summed E-state index contributed by atoms with van der Waals surface area (Å²) in [5.41, 5.74) is 1.83. The first-order chi connectivity index (χ1) is 14.1. The second-order valence-corrected chi connectivity index (χ2v) is 7.37. The van der Waals surface area contributed by atoms with Crippen LogP contribution in [-0.2, 0) is 13.1 Å². The number of aliphatic hydroxyl groups excluding tert-OH is 1. The molecule has 0 radical (unpaired) electrons. The molecule has 1 atom stereocenters. The lowest BCUT2D eigenvalue weighted by Crippen LogP contribution is -2.52. The number of aliphatic hydroxyl groups is 1. The lowest BCUT2D eigenvalue weighted by atomic mass is 10.1. The van der Waals surface area contributed by atoms with E-state index in [4.69, 9.17) is 9.47 Å². The third-order valence-electron chi connectivity index (χ3n) is 5.45. The molecule has 0 bridgehead atoms. The Balaban J connectivity index is 1.66. The lowest BCUT2D eigenvalue weighted by Gasteiger charge is -2.41. The number of hydrogen-bond donors (Lipinski definition) is 1. The Morgan fingerprint density at radius 2 is 1.93 bits per heavy atom. The average Bonchev–Trinajstić information content (AvgIpc) is 2.73. The van der Waals surface area contributed by atoms with Crippen LogP contribution in [0.15, 0.2) is 42.5 Å².